The van der Waals surface area contributed by atoms with Gasteiger partial charge in [-0.15, -0.1) is 0 Å². The van der Waals surface area contributed by atoms with Gasteiger partial charge in [-0.3, -0.25) is 4.52 Å². The molecule has 1 aliphatic rings. The van der Waals surface area contributed by atoms with E-state index in [4.69, 9.17) is 4.52 Å². The Balaban J connectivity index is 1.73. The van der Waals surface area contributed by atoms with Crippen LogP contribution in [0.25, 0.3) is 0 Å². The lowest BCUT2D eigenvalue weighted by atomic mass is 10.1. The molecule has 0 saturated heterocycles. The van der Waals surface area contributed by atoms with Crippen molar-refractivity contribution in [2.24, 2.45) is 4.99 Å². The van der Waals surface area contributed by atoms with E-state index < -0.39 is 0 Å². The summed E-state index contributed by atoms with van der Waals surface area (Å²) < 4.78 is 4.99. The molecule has 0 unspecified atom stereocenters. The number of rotatable bonds is 5. The molecular formula is C17H20N6O2S. The van der Waals surface area contributed by atoms with Crippen LogP contribution < -0.4 is 14.9 Å². The number of hydrogen-bond acceptors (Lipinski definition) is 8. The molecule has 26 heavy (non-hydrogen) atoms. The maximum atomic E-state index is 12.1. The third-order valence-corrected chi connectivity index (χ3v) is 5.03. The van der Waals surface area contributed by atoms with Crippen molar-refractivity contribution in [1.82, 2.24) is 10.3 Å². The highest BCUT2D eigenvalue weighted by Crippen LogP contribution is 2.27. The van der Waals surface area contributed by atoms with E-state index in [1.165, 1.54) is 29.2 Å². The van der Waals surface area contributed by atoms with Crippen LogP contribution in [0.1, 0.15) is 36.1 Å². The average Bonchev–Trinajstić information content (AvgIpc) is 2.97. The monoisotopic (exact) mass is 372 g/mol. The average molecular weight is 372 g/mol. The molecule has 0 saturated carbocycles. The molecule has 0 fully saturated rings. The fraction of sp³-hybridized carbons (Fsp3) is 0.471. The summed E-state index contributed by atoms with van der Waals surface area (Å²) in [5.41, 5.74) is 2.73. The van der Waals surface area contributed by atoms with Crippen LogP contribution in [-0.2, 0) is 12.8 Å². The zero-order valence-electron chi connectivity index (χ0n) is 14.8. The molecule has 136 valence electrons. The van der Waals surface area contributed by atoms with Crippen molar-refractivity contribution in [3.8, 4) is 6.07 Å². The minimum Gasteiger partial charge on any atom is -0.861 e. The van der Waals surface area contributed by atoms with E-state index in [0.29, 0.717) is 10.6 Å². The third kappa shape index (κ3) is 4.32. The van der Waals surface area contributed by atoms with Crippen molar-refractivity contribution >= 4 is 23.5 Å². The molecule has 0 aromatic carbocycles. The van der Waals surface area contributed by atoms with Crippen LogP contribution in [0.15, 0.2) is 26.8 Å². The van der Waals surface area contributed by atoms with Crippen LogP contribution in [0.5, 0.6) is 0 Å². The van der Waals surface area contributed by atoms with Crippen molar-refractivity contribution in [3.63, 3.8) is 0 Å². The fourth-order valence-electron chi connectivity index (χ4n) is 2.73. The zero-order valence-corrected chi connectivity index (χ0v) is 15.6. The third-order valence-electron chi connectivity index (χ3n) is 4.06. The number of nitriles is 1. The maximum absolute atomic E-state index is 12.1. The molecule has 8 nitrogen and oxygen atoms in total. The van der Waals surface area contributed by atoms with Gasteiger partial charge >= 0.3 is 5.88 Å². The minimum absolute atomic E-state index is 0.0864. The van der Waals surface area contributed by atoms with Gasteiger partial charge in [0.05, 0.1) is 24.4 Å². The lowest BCUT2D eigenvalue weighted by molar-refractivity contribution is -0.753. The number of fused-ring (bicyclic) bond motifs is 1. The topological polar surface area (TPSA) is 105 Å². The molecule has 2 aromatic heterocycles. The smallest absolute Gasteiger partial charge is 0.324 e. The minimum atomic E-state index is -0.363. The molecule has 0 spiro atoms. The van der Waals surface area contributed by atoms with Crippen LogP contribution in [0.2, 0.25) is 0 Å². The Kier molecular flexibility index (Phi) is 5.73. The van der Waals surface area contributed by atoms with Crippen molar-refractivity contribution in [1.29, 1.82) is 5.26 Å². The second-order valence-electron chi connectivity index (χ2n) is 6.22. The standard InChI is InChI=1S/C17H20N6O2S/c1-22(2)23-10-16(25-21-23)20-15(24)11-26-17-13(9-18)8-12-6-4-3-5-7-14(12)19-17/h8,10H,3-7,11H2,1-2H3. The molecule has 2 aromatic rings. The van der Waals surface area contributed by atoms with E-state index in [1.807, 2.05) is 6.07 Å². The summed E-state index contributed by atoms with van der Waals surface area (Å²) >= 11 is 1.24. The predicted octanol–water partition coefficient (Wildman–Crippen LogP) is 0.878. The van der Waals surface area contributed by atoms with Gasteiger partial charge in [-0.2, -0.15) is 10.3 Å². The molecule has 0 radical (unpaired) electrons. The van der Waals surface area contributed by atoms with Gasteiger partial charge < -0.3 is 5.11 Å². The maximum Gasteiger partial charge on any atom is 0.324 e. The van der Waals surface area contributed by atoms with Crippen molar-refractivity contribution in [2.45, 2.75) is 37.1 Å². The Bertz CT molecular complexity index is 855. The number of hydrogen-bond donors (Lipinski definition) is 0. The second-order valence-corrected chi connectivity index (χ2v) is 7.19. The fourth-order valence-corrected chi connectivity index (χ4v) is 3.49. The summed E-state index contributed by atoms with van der Waals surface area (Å²) in [5.74, 6) is -0.138. The van der Waals surface area contributed by atoms with Gasteiger partial charge in [0.25, 0.3) is 6.20 Å². The van der Waals surface area contributed by atoms with E-state index in [1.54, 1.807) is 19.1 Å². The number of aromatic nitrogens is 3. The number of aryl methyl sites for hydroxylation is 2. The van der Waals surface area contributed by atoms with E-state index in [0.717, 1.165) is 36.9 Å². The lowest BCUT2D eigenvalue weighted by Gasteiger charge is -2.12. The van der Waals surface area contributed by atoms with E-state index in [9.17, 15) is 10.4 Å². The van der Waals surface area contributed by atoms with E-state index in [2.05, 4.69) is 21.3 Å². The van der Waals surface area contributed by atoms with Crippen molar-refractivity contribution < 1.29 is 14.4 Å². The Labute approximate surface area is 156 Å². The molecule has 0 bridgehead atoms. The molecule has 0 aliphatic heterocycles. The summed E-state index contributed by atoms with van der Waals surface area (Å²) in [4.78, 5) is 9.97. The Hall–Kier alpha value is -2.60. The molecule has 0 amide bonds. The first-order valence-corrected chi connectivity index (χ1v) is 9.42. The van der Waals surface area contributed by atoms with Crippen LogP contribution in [0.3, 0.4) is 0 Å². The Morgan fingerprint density at radius 3 is 2.96 bits per heavy atom. The first-order valence-electron chi connectivity index (χ1n) is 8.43. The normalized spacial score (nSPS) is 14.4. The first kappa shape index (κ1) is 18.2. The first-order chi connectivity index (χ1) is 12.6. The van der Waals surface area contributed by atoms with Gasteiger partial charge in [0.1, 0.15) is 11.1 Å². The summed E-state index contributed by atoms with van der Waals surface area (Å²) in [6.45, 7) is 0. The van der Waals surface area contributed by atoms with Gasteiger partial charge in [0.15, 0.2) is 0 Å². The summed E-state index contributed by atoms with van der Waals surface area (Å²) in [5, 5.41) is 27.5. The highest BCUT2D eigenvalue weighted by Gasteiger charge is 2.15. The SMILES string of the molecule is CN(C)[n+]1cc(/N=C(/[O-])CSc2nc3c(cc2C#N)CCCCC3)on1. The highest BCUT2D eigenvalue weighted by atomic mass is 32.2. The molecule has 3 rings (SSSR count). The summed E-state index contributed by atoms with van der Waals surface area (Å²) in [7, 11) is 3.58. The number of thioether (sulfide) groups is 1. The number of pyridine rings is 1. The van der Waals surface area contributed by atoms with Crippen LogP contribution >= 0.6 is 11.8 Å². The van der Waals surface area contributed by atoms with Gasteiger partial charge in [0.2, 0.25) is 5.27 Å². The summed E-state index contributed by atoms with van der Waals surface area (Å²) in [6, 6.07) is 4.12. The van der Waals surface area contributed by atoms with Crippen LogP contribution in [-0.4, -0.2) is 36.0 Å². The van der Waals surface area contributed by atoms with Gasteiger partial charge in [-0.05, 0) is 43.2 Å². The molecule has 1 aliphatic carbocycles. The molecule has 9 heteroatoms. The predicted molar refractivity (Wildman–Crippen MR) is 94.8 cm³/mol. The van der Waals surface area contributed by atoms with Crippen molar-refractivity contribution in [2.75, 3.05) is 24.9 Å². The molecule has 0 N–H and O–H groups in total. The Morgan fingerprint density at radius 1 is 1.42 bits per heavy atom. The number of aliphatic imine (C=N–C) groups is 1. The van der Waals surface area contributed by atoms with Crippen LogP contribution in [0.4, 0.5) is 5.88 Å². The highest BCUT2D eigenvalue weighted by molar-refractivity contribution is 7.99. The number of nitrogens with zero attached hydrogens (tertiary/aromatic N) is 6. The van der Waals surface area contributed by atoms with E-state index >= 15 is 0 Å². The lowest BCUT2D eigenvalue weighted by Crippen LogP contribution is -2.53. The summed E-state index contributed by atoms with van der Waals surface area (Å²) in [6.07, 6.45) is 6.84. The molecule has 0 atom stereocenters. The molecular weight excluding hydrogens is 352 g/mol. The van der Waals surface area contributed by atoms with Crippen LogP contribution in [0, 0.1) is 11.3 Å². The van der Waals surface area contributed by atoms with Crippen molar-refractivity contribution in [3.05, 3.63) is 29.1 Å². The van der Waals surface area contributed by atoms with Gasteiger partial charge in [0, 0.05) is 11.4 Å². The quantitative estimate of drug-likeness (QED) is 0.252. The zero-order chi connectivity index (χ0) is 18.5. The van der Waals surface area contributed by atoms with Gasteiger partial charge in [-0.1, -0.05) is 18.2 Å². The Morgan fingerprint density at radius 2 is 2.23 bits per heavy atom. The molecule has 2 heterocycles. The van der Waals surface area contributed by atoms with Gasteiger partial charge in [-0.25, -0.2) is 9.98 Å². The second kappa shape index (κ2) is 8.19. The largest absolute Gasteiger partial charge is 0.861 e. The van der Waals surface area contributed by atoms with E-state index in [-0.39, 0.29) is 17.5 Å².